The highest BCUT2D eigenvalue weighted by atomic mass is 16.7. The second kappa shape index (κ2) is 5.02. The molecule has 5 heteroatoms. The van der Waals surface area contributed by atoms with Gasteiger partial charge in [0, 0.05) is 6.20 Å². The van der Waals surface area contributed by atoms with Crippen molar-refractivity contribution < 1.29 is 14.3 Å². The van der Waals surface area contributed by atoms with Crippen molar-refractivity contribution in [1.29, 1.82) is 0 Å². The van der Waals surface area contributed by atoms with Crippen molar-refractivity contribution in [2.24, 2.45) is 0 Å². The summed E-state index contributed by atoms with van der Waals surface area (Å²) in [6.45, 7) is 0.698. The lowest BCUT2D eigenvalue weighted by Crippen LogP contribution is -2.34. The van der Waals surface area contributed by atoms with E-state index < -0.39 is 5.41 Å². The molecule has 1 amide bonds. The highest BCUT2D eigenvalue weighted by Gasteiger charge is 2.51. The topological polar surface area (TPSA) is 60.5 Å². The lowest BCUT2D eigenvalue weighted by Gasteiger charge is -2.16. The molecule has 112 valence electrons. The first-order valence-corrected chi connectivity index (χ1v) is 7.36. The lowest BCUT2D eigenvalue weighted by molar-refractivity contribution is -0.123. The summed E-state index contributed by atoms with van der Waals surface area (Å²) in [5.41, 5.74) is 1.43. The number of aromatic nitrogens is 1. The fourth-order valence-electron chi connectivity index (χ4n) is 2.81. The zero-order valence-corrected chi connectivity index (χ0v) is 12.0. The SMILES string of the molecule is O=C(NCc1ccccn1)C1(c2ccc3c(c2)OCO3)CC1. The number of carbonyl (C=O) groups is 1. The number of nitrogens with one attached hydrogen (secondary N) is 1. The van der Waals surface area contributed by atoms with Crippen molar-refractivity contribution in [3.05, 3.63) is 53.9 Å². The molecule has 2 aliphatic rings. The zero-order valence-electron chi connectivity index (χ0n) is 12.0. The van der Waals surface area contributed by atoms with E-state index in [-0.39, 0.29) is 12.7 Å². The number of nitrogens with zero attached hydrogens (tertiary/aromatic N) is 1. The third kappa shape index (κ3) is 2.19. The number of rotatable bonds is 4. The molecule has 0 spiro atoms. The van der Waals surface area contributed by atoms with Crippen LogP contribution in [0.4, 0.5) is 0 Å². The Morgan fingerprint density at radius 3 is 2.82 bits per heavy atom. The van der Waals surface area contributed by atoms with Gasteiger partial charge in [-0.1, -0.05) is 12.1 Å². The predicted molar refractivity (Wildman–Crippen MR) is 79.6 cm³/mol. The third-order valence-corrected chi connectivity index (χ3v) is 4.27. The zero-order chi connectivity index (χ0) is 15.0. The maximum atomic E-state index is 12.6. The van der Waals surface area contributed by atoms with Crippen molar-refractivity contribution >= 4 is 5.91 Å². The second-order valence-electron chi connectivity index (χ2n) is 5.65. The van der Waals surface area contributed by atoms with Crippen LogP contribution in [0.3, 0.4) is 0 Å². The summed E-state index contributed by atoms with van der Waals surface area (Å²) in [6, 6.07) is 11.4. The van der Waals surface area contributed by atoms with Crippen LogP contribution in [0.15, 0.2) is 42.6 Å². The molecule has 0 saturated heterocycles. The first-order chi connectivity index (χ1) is 10.8. The summed E-state index contributed by atoms with van der Waals surface area (Å²) in [7, 11) is 0. The van der Waals surface area contributed by atoms with Gasteiger partial charge in [0.05, 0.1) is 17.7 Å². The van der Waals surface area contributed by atoms with E-state index in [9.17, 15) is 4.79 Å². The summed E-state index contributed by atoms with van der Waals surface area (Å²) >= 11 is 0. The van der Waals surface area contributed by atoms with Crippen molar-refractivity contribution in [3.63, 3.8) is 0 Å². The minimum absolute atomic E-state index is 0.0528. The highest BCUT2D eigenvalue weighted by molar-refractivity contribution is 5.91. The van der Waals surface area contributed by atoms with Crippen molar-refractivity contribution in [2.75, 3.05) is 6.79 Å². The highest BCUT2D eigenvalue weighted by Crippen LogP contribution is 2.50. The van der Waals surface area contributed by atoms with Gasteiger partial charge in [-0.2, -0.15) is 0 Å². The predicted octanol–water partition coefficient (Wildman–Crippen LogP) is 2.16. The van der Waals surface area contributed by atoms with Crippen molar-refractivity contribution in [3.8, 4) is 11.5 Å². The number of fused-ring (bicyclic) bond motifs is 1. The van der Waals surface area contributed by atoms with E-state index in [1.54, 1.807) is 6.20 Å². The molecule has 0 radical (unpaired) electrons. The Hall–Kier alpha value is -2.56. The number of ether oxygens (including phenoxy) is 2. The lowest BCUT2D eigenvalue weighted by atomic mass is 9.94. The molecule has 22 heavy (non-hydrogen) atoms. The Bertz CT molecular complexity index is 711. The molecule has 1 aromatic carbocycles. The van der Waals surface area contributed by atoms with Gasteiger partial charge in [0.15, 0.2) is 11.5 Å². The molecule has 1 aromatic heterocycles. The van der Waals surface area contributed by atoms with Crippen LogP contribution in [0, 0.1) is 0 Å². The van der Waals surface area contributed by atoms with Gasteiger partial charge in [0.2, 0.25) is 12.7 Å². The Kier molecular flexibility index (Phi) is 2.99. The maximum absolute atomic E-state index is 12.6. The van der Waals surface area contributed by atoms with Crippen LogP contribution in [0.1, 0.15) is 24.1 Å². The van der Waals surface area contributed by atoms with Gasteiger partial charge in [0.1, 0.15) is 0 Å². The van der Waals surface area contributed by atoms with E-state index in [1.165, 1.54) is 0 Å². The molecule has 0 bridgehead atoms. The largest absolute Gasteiger partial charge is 0.454 e. The van der Waals surface area contributed by atoms with Gasteiger partial charge in [-0.15, -0.1) is 0 Å². The van der Waals surface area contributed by atoms with Crippen LogP contribution in [-0.2, 0) is 16.8 Å². The molecule has 5 nitrogen and oxygen atoms in total. The molecule has 0 atom stereocenters. The Morgan fingerprint density at radius 2 is 2.05 bits per heavy atom. The van der Waals surface area contributed by atoms with Crippen LogP contribution >= 0.6 is 0 Å². The Morgan fingerprint density at radius 1 is 1.18 bits per heavy atom. The van der Waals surface area contributed by atoms with E-state index in [2.05, 4.69) is 10.3 Å². The summed E-state index contributed by atoms with van der Waals surface area (Å²) in [5, 5.41) is 2.99. The fraction of sp³-hybridized carbons (Fsp3) is 0.294. The van der Waals surface area contributed by atoms with Crippen LogP contribution < -0.4 is 14.8 Å². The van der Waals surface area contributed by atoms with Crippen molar-refractivity contribution in [1.82, 2.24) is 10.3 Å². The summed E-state index contributed by atoms with van der Waals surface area (Å²) in [5.74, 6) is 1.52. The number of hydrogen-bond donors (Lipinski definition) is 1. The van der Waals surface area contributed by atoms with Gasteiger partial charge in [-0.25, -0.2) is 0 Å². The summed E-state index contributed by atoms with van der Waals surface area (Å²) in [6.07, 6.45) is 3.45. The van der Waals surface area contributed by atoms with E-state index in [0.717, 1.165) is 35.6 Å². The fourth-order valence-corrected chi connectivity index (χ4v) is 2.81. The number of pyridine rings is 1. The molecular weight excluding hydrogens is 280 g/mol. The molecule has 1 fully saturated rings. The quantitative estimate of drug-likeness (QED) is 0.939. The smallest absolute Gasteiger partial charge is 0.231 e. The normalized spacial score (nSPS) is 17.1. The molecule has 1 N–H and O–H groups in total. The maximum Gasteiger partial charge on any atom is 0.231 e. The average molecular weight is 296 g/mol. The van der Waals surface area contributed by atoms with Gasteiger partial charge >= 0.3 is 0 Å². The van der Waals surface area contributed by atoms with Crippen LogP contribution in [0.25, 0.3) is 0 Å². The molecule has 1 aliphatic heterocycles. The van der Waals surface area contributed by atoms with Gasteiger partial charge in [-0.05, 0) is 42.7 Å². The molecule has 4 rings (SSSR count). The van der Waals surface area contributed by atoms with Gasteiger partial charge in [-0.3, -0.25) is 9.78 Å². The van der Waals surface area contributed by atoms with Gasteiger partial charge in [0.25, 0.3) is 0 Å². The van der Waals surface area contributed by atoms with Crippen LogP contribution in [0.2, 0.25) is 0 Å². The third-order valence-electron chi connectivity index (χ3n) is 4.27. The minimum atomic E-state index is -0.421. The average Bonchev–Trinajstić information content (AvgIpc) is 3.25. The van der Waals surface area contributed by atoms with E-state index in [0.29, 0.717) is 6.54 Å². The summed E-state index contributed by atoms with van der Waals surface area (Å²) < 4.78 is 10.7. The molecular formula is C17H16N2O3. The number of carbonyl (C=O) groups excluding carboxylic acids is 1. The van der Waals surface area contributed by atoms with Crippen molar-refractivity contribution in [2.45, 2.75) is 24.8 Å². The first-order valence-electron chi connectivity index (χ1n) is 7.36. The number of amides is 1. The van der Waals surface area contributed by atoms with Gasteiger partial charge < -0.3 is 14.8 Å². The summed E-state index contributed by atoms with van der Waals surface area (Å²) in [4.78, 5) is 16.8. The minimum Gasteiger partial charge on any atom is -0.454 e. The standard InChI is InChI=1S/C17H16N2O3/c20-16(19-10-13-3-1-2-8-18-13)17(6-7-17)12-4-5-14-15(9-12)22-11-21-14/h1-5,8-9H,6-7,10-11H2,(H,19,20). The number of hydrogen-bond acceptors (Lipinski definition) is 4. The van der Waals surface area contributed by atoms with Crippen LogP contribution in [0.5, 0.6) is 11.5 Å². The van der Waals surface area contributed by atoms with Crippen LogP contribution in [-0.4, -0.2) is 17.7 Å². The van der Waals surface area contributed by atoms with E-state index in [1.807, 2.05) is 36.4 Å². The second-order valence-corrected chi connectivity index (χ2v) is 5.65. The Labute approximate surface area is 128 Å². The molecule has 1 saturated carbocycles. The molecule has 0 unspecified atom stereocenters. The first kappa shape index (κ1) is 13.1. The van der Waals surface area contributed by atoms with E-state index in [4.69, 9.17) is 9.47 Å². The molecule has 2 heterocycles. The Balaban J connectivity index is 1.50. The monoisotopic (exact) mass is 296 g/mol. The number of benzene rings is 1. The molecule has 2 aromatic rings. The van der Waals surface area contributed by atoms with E-state index >= 15 is 0 Å². The molecule has 1 aliphatic carbocycles.